The lowest BCUT2D eigenvalue weighted by molar-refractivity contribution is -0.123. The molecule has 3 aromatic rings. The molecule has 2 N–H and O–H groups in total. The second-order valence-electron chi connectivity index (χ2n) is 11.1. The van der Waals surface area contributed by atoms with Gasteiger partial charge in [0.2, 0.25) is 0 Å². The first kappa shape index (κ1) is 25.3. The lowest BCUT2D eigenvalue weighted by atomic mass is 9.87. The molecule has 0 bridgehead atoms. The number of urea groups is 1. The summed E-state index contributed by atoms with van der Waals surface area (Å²) in [5.74, 6) is -0.791. The Bertz CT molecular complexity index is 1460. The van der Waals surface area contributed by atoms with E-state index in [2.05, 4.69) is 29.0 Å². The van der Waals surface area contributed by atoms with Crippen LogP contribution >= 0.6 is 0 Å². The van der Waals surface area contributed by atoms with E-state index >= 15 is 0 Å². The second-order valence-corrected chi connectivity index (χ2v) is 11.1. The zero-order chi connectivity index (χ0) is 27.4. The SMILES string of the molecule is CN1CC(C)(C)c2ccc(N3C(=O)N(Cc4ccnc(Nc5cccc(C(=O)O)c5)c4)C(C)(C)C3=O)cc21. The zero-order valence-corrected chi connectivity index (χ0v) is 22.1. The van der Waals surface area contributed by atoms with Crippen LogP contribution in [0, 0.1) is 0 Å². The van der Waals surface area contributed by atoms with Gasteiger partial charge in [-0.15, -0.1) is 0 Å². The highest BCUT2D eigenvalue weighted by molar-refractivity contribution is 6.23. The van der Waals surface area contributed by atoms with Crippen LogP contribution in [0.25, 0.3) is 0 Å². The molecule has 2 aliphatic heterocycles. The zero-order valence-electron chi connectivity index (χ0n) is 22.1. The Morgan fingerprint density at radius 3 is 2.55 bits per heavy atom. The van der Waals surface area contributed by atoms with Crippen molar-refractivity contribution in [3.05, 3.63) is 77.5 Å². The van der Waals surface area contributed by atoms with Crippen molar-refractivity contribution in [3.8, 4) is 0 Å². The Morgan fingerprint density at radius 2 is 1.82 bits per heavy atom. The number of carbonyl (C=O) groups is 3. The summed E-state index contributed by atoms with van der Waals surface area (Å²) in [6, 6.07) is 15.5. The van der Waals surface area contributed by atoms with E-state index in [1.54, 1.807) is 49.2 Å². The van der Waals surface area contributed by atoms with Crippen molar-refractivity contribution in [3.63, 3.8) is 0 Å². The molecule has 0 unspecified atom stereocenters. The summed E-state index contributed by atoms with van der Waals surface area (Å²) in [5.41, 5.74) is 3.26. The molecule has 0 radical (unpaired) electrons. The molecule has 0 spiro atoms. The Kier molecular flexibility index (Phi) is 5.89. The van der Waals surface area contributed by atoms with Crippen LogP contribution in [0.2, 0.25) is 0 Å². The number of fused-ring (bicyclic) bond motifs is 1. The molecule has 5 rings (SSSR count). The first-order valence-corrected chi connectivity index (χ1v) is 12.5. The van der Waals surface area contributed by atoms with E-state index in [4.69, 9.17) is 0 Å². The molecule has 9 heteroatoms. The number of aromatic carboxylic acids is 1. The molecule has 2 aliphatic rings. The second kappa shape index (κ2) is 8.86. The minimum atomic E-state index is -1.05. The number of carboxylic acids is 1. The monoisotopic (exact) mass is 513 g/mol. The van der Waals surface area contributed by atoms with E-state index in [9.17, 15) is 19.5 Å². The Hall–Kier alpha value is -4.40. The number of benzene rings is 2. The number of nitrogens with one attached hydrogen (secondary N) is 1. The van der Waals surface area contributed by atoms with Crippen LogP contribution in [-0.4, -0.2) is 52.0 Å². The molecular formula is C29H31N5O4. The van der Waals surface area contributed by atoms with Gasteiger partial charge in [0, 0.05) is 43.1 Å². The number of likely N-dealkylation sites (N-methyl/N-ethyl adjacent to an activating group) is 1. The average molecular weight is 514 g/mol. The van der Waals surface area contributed by atoms with Crippen molar-refractivity contribution in [1.29, 1.82) is 0 Å². The molecular weight excluding hydrogens is 482 g/mol. The van der Waals surface area contributed by atoms with Gasteiger partial charge in [0.05, 0.1) is 11.3 Å². The molecule has 3 amide bonds. The molecule has 0 aliphatic carbocycles. The summed E-state index contributed by atoms with van der Waals surface area (Å²) in [6.07, 6.45) is 1.62. The van der Waals surface area contributed by atoms with Crippen molar-refractivity contribution in [1.82, 2.24) is 9.88 Å². The normalized spacial score (nSPS) is 17.7. The van der Waals surface area contributed by atoms with Crippen molar-refractivity contribution in [2.75, 3.05) is 28.7 Å². The lowest BCUT2D eigenvalue weighted by Gasteiger charge is -2.27. The minimum absolute atomic E-state index is 0.00498. The summed E-state index contributed by atoms with van der Waals surface area (Å²) in [7, 11) is 2.02. The lowest BCUT2D eigenvalue weighted by Crippen LogP contribution is -2.43. The van der Waals surface area contributed by atoms with E-state index in [1.165, 1.54) is 22.6 Å². The number of nitrogens with zero attached hydrogens (tertiary/aromatic N) is 4. The molecule has 0 saturated carbocycles. The number of amides is 3. The maximum absolute atomic E-state index is 13.7. The molecule has 0 atom stereocenters. The van der Waals surface area contributed by atoms with Crippen LogP contribution in [0.4, 0.5) is 27.7 Å². The number of rotatable bonds is 6. The van der Waals surface area contributed by atoms with Gasteiger partial charge in [-0.1, -0.05) is 26.0 Å². The van der Waals surface area contributed by atoms with E-state index < -0.39 is 11.5 Å². The van der Waals surface area contributed by atoms with Crippen LogP contribution in [0.3, 0.4) is 0 Å². The number of hydrogen-bond donors (Lipinski definition) is 2. The number of carbonyl (C=O) groups excluding carboxylic acids is 2. The van der Waals surface area contributed by atoms with Crippen LogP contribution in [0.5, 0.6) is 0 Å². The first-order valence-electron chi connectivity index (χ1n) is 12.5. The average Bonchev–Trinajstić information content (AvgIpc) is 3.19. The van der Waals surface area contributed by atoms with Gasteiger partial charge in [0.15, 0.2) is 0 Å². The number of pyridine rings is 1. The van der Waals surface area contributed by atoms with Gasteiger partial charge in [-0.05, 0) is 67.4 Å². The summed E-state index contributed by atoms with van der Waals surface area (Å²) in [5, 5.41) is 12.4. The maximum Gasteiger partial charge on any atom is 0.335 e. The molecule has 1 aromatic heterocycles. The number of carboxylic acid groups (broad SMARTS) is 1. The molecule has 2 aromatic carbocycles. The summed E-state index contributed by atoms with van der Waals surface area (Å²) in [4.78, 5) is 47.8. The summed E-state index contributed by atoms with van der Waals surface area (Å²) in [6.45, 7) is 8.96. The maximum atomic E-state index is 13.7. The van der Waals surface area contributed by atoms with Crippen LogP contribution in [0.1, 0.15) is 49.2 Å². The molecule has 196 valence electrons. The third-order valence-corrected chi connectivity index (χ3v) is 7.38. The molecule has 3 heterocycles. The van der Waals surface area contributed by atoms with E-state index in [-0.39, 0.29) is 29.5 Å². The number of imide groups is 1. The predicted molar refractivity (Wildman–Crippen MR) is 146 cm³/mol. The van der Waals surface area contributed by atoms with E-state index in [0.717, 1.165) is 17.8 Å². The van der Waals surface area contributed by atoms with E-state index in [0.29, 0.717) is 17.2 Å². The summed E-state index contributed by atoms with van der Waals surface area (Å²) < 4.78 is 0. The number of aromatic nitrogens is 1. The standard InChI is InChI=1S/C29H31N5O4/c1-28(2)17-32(5)23-15-21(9-10-22(23)28)34-26(37)29(3,4)33(27(34)38)16-18-11-12-30-24(13-18)31-20-8-6-7-19(14-20)25(35)36/h6-15H,16-17H2,1-5H3,(H,30,31)(H,35,36). The third kappa shape index (κ3) is 4.23. The fourth-order valence-electron chi connectivity index (χ4n) is 5.34. The van der Waals surface area contributed by atoms with Gasteiger partial charge >= 0.3 is 12.0 Å². The van der Waals surface area contributed by atoms with Crippen LogP contribution in [0.15, 0.2) is 60.8 Å². The quantitative estimate of drug-likeness (QED) is 0.447. The summed E-state index contributed by atoms with van der Waals surface area (Å²) >= 11 is 0. The van der Waals surface area contributed by atoms with Gasteiger partial charge in [0.1, 0.15) is 11.4 Å². The molecule has 9 nitrogen and oxygen atoms in total. The number of hydrogen-bond acceptors (Lipinski definition) is 6. The fourth-order valence-corrected chi connectivity index (χ4v) is 5.34. The Balaban J connectivity index is 1.39. The molecule has 1 saturated heterocycles. The third-order valence-electron chi connectivity index (χ3n) is 7.38. The van der Waals surface area contributed by atoms with Gasteiger partial charge in [0.25, 0.3) is 5.91 Å². The highest BCUT2D eigenvalue weighted by Crippen LogP contribution is 2.43. The predicted octanol–water partition coefficient (Wildman–Crippen LogP) is 5.00. The Morgan fingerprint density at radius 1 is 1.05 bits per heavy atom. The minimum Gasteiger partial charge on any atom is -0.478 e. The Labute approximate surface area is 221 Å². The molecule has 38 heavy (non-hydrogen) atoms. The van der Waals surface area contributed by atoms with Gasteiger partial charge in [-0.25, -0.2) is 19.5 Å². The fraction of sp³-hybridized carbons (Fsp3) is 0.310. The van der Waals surface area contributed by atoms with Crippen molar-refractivity contribution in [2.24, 2.45) is 0 Å². The van der Waals surface area contributed by atoms with Crippen molar-refractivity contribution >= 4 is 40.8 Å². The largest absolute Gasteiger partial charge is 0.478 e. The van der Waals surface area contributed by atoms with Gasteiger partial charge in [-0.2, -0.15) is 0 Å². The van der Waals surface area contributed by atoms with Crippen LogP contribution < -0.4 is 15.1 Å². The highest BCUT2D eigenvalue weighted by Gasteiger charge is 2.52. The van der Waals surface area contributed by atoms with Gasteiger partial charge < -0.3 is 20.2 Å². The highest BCUT2D eigenvalue weighted by atomic mass is 16.4. The number of anilines is 4. The van der Waals surface area contributed by atoms with Crippen molar-refractivity contribution in [2.45, 2.75) is 45.2 Å². The van der Waals surface area contributed by atoms with Crippen LogP contribution in [-0.2, 0) is 16.8 Å². The molecule has 1 fully saturated rings. The van der Waals surface area contributed by atoms with Gasteiger partial charge in [-0.3, -0.25) is 4.79 Å². The van der Waals surface area contributed by atoms with Crippen molar-refractivity contribution < 1.29 is 19.5 Å². The first-order chi connectivity index (χ1) is 17.9. The topological polar surface area (TPSA) is 106 Å². The smallest absolute Gasteiger partial charge is 0.335 e. The van der Waals surface area contributed by atoms with E-state index in [1.807, 2.05) is 25.2 Å².